The van der Waals surface area contributed by atoms with Gasteiger partial charge in [-0.3, -0.25) is 4.98 Å². The molecule has 0 spiro atoms. The Hall–Kier alpha value is -3.98. The van der Waals surface area contributed by atoms with E-state index in [1.807, 2.05) is 0 Å². The van der Waals surface area contributed by atoms with Gasteiger partial charge in [-0.05, 0) is 48.0 Å². The molecular weight excluding hydrogens is 509 g/mol. The van der Waals surface area contributed by atoms with Crippen molar-refractivity contribution in [2.75, 3.05) is 10.6 Å². The number of halogens is 1. The van der Waals surface area contributed by atoms with E-state index in [0.717, 1.165) is 6.20 Å². The molecule has 186 valence electrons. The lowest BCUT2D eigenvalue weighted by Gasteiger charge is -2.11. The standard InChI is InChI=1S/C22H20FN7O4S2/c23-20-14-26-22(29-17-3-1-4-18(11-17)35(24,31)32)30-21(20)28-16-8-6-15(7-9-16)12-27-36(33,34)19-5-2-10-25-13-19/h1-11,13-14,27H,12H2,(H2,24,31,32)(H2,26,28,29,30). The average Bonchev–Trinajstić information content (AvgIpc) is 2.86. The van der Waals surface area contributed by atoms with Crippen molar-refractivity contribution in [3.63, 3.8) is 0 Å². The fourth-order valence-corrected chi connectivity index (χ4v) is 4.55. The number of nitrogens with one attached hydrogen (secondary N) is 3. The maximum Gasteiger partial charge on any atom is 0.242 e. The fourth-order valence-electron chi connectivity index (χ4n) is 3.01. The van der Waals surface area contributed by atoms with Gasteiger partial charge in [0.15, 0.2) is 11.6 Å². The second kappa shape index (κ2) is 10.3. The molecule has 0 unspecified atom stereocenters. The van der Waals surface area contributed by atoms with E-state index in [1.54, 1.807) is 30.3 Å². The van der Waals surface area contributed by atoms with Crippen LogP contribution in [0.15, 0.2) is 89.0 Å². The first-order valence-electron chi connectivity index (χ1n) is 10.3. The van der Waals surface area contributed by atoms with Crippen LogP contribution < -0.4 is 20.5 Å². The van der Waals surface area contributed by atoms with Crippen molar-refractivity contribution in [1.29, 1.82) is 0 Å². The van der Waals surface area contributed by atoms with Crippen molar-refractivity contribution in [2.24, 2.45) is 5.14 Å². The number of primary sulfonamides is 1. The zero-order valence-corrected chi connectivity index (χ0v) is 20.1. The Kier molecular flexibility index (Phi) is 7.21. The van der Waals surface area contributed by atoms with E-state index >= 15 is 0 Å². The molecule has 5 N–H and O–H groups in total. The lowest BCUT2D eigenvalue weighted by Crippen LogP contribution is -2.23. The molecule has 14 heteroatoms. The summed E-state index contributed by atoms with van der Waals surface area (Å²) in [4.78, 5) is 11.7. The van der Waals surface area contributed by atoms with Gasteiger partial charge in [-0.2, -0.15) is 4.98 Å². The zero-order valence-electron chi connectivity index (χ0n) is 18.5. The quantitative estimate of drug-likeness (QED) is 0.255. The van der Waals surface area contributed by atoms with Crippen LogP contribution in [0.25, 0.3) is 0 Å². The van der Waals surface area contributed by atoms with E-state index in [1.165, 1.54) is 42.7 Å². The Bertz CT molecular complexity index is 1580. The van der Waals surface area contributed by atoms with Crippen LogP contribution in [-0.4, -0.2) is 31.8 Å². The summed E-state index contributed by atoms with van der Waals surface area (Å²) in [5.74, 6) is -0.820. The number of hydrogen-bond donors (Lipinski definition) is 4. The molecule has 4 rings (SSSR count). The highest BCUT2D eigenvalue weighted by atomic mass is 32.2. The number of aromatic nitrogens is 3. The smallest absolute Gasteiger partial charge is 0.242 e. The number of rotatable bonds is 9. The summed E-state index contributed by atoms with van der Waals surface area (Å²) >= 11 is 0. The van der Waals surface area contributed by atoms with E-state index in [0.29, 0.717) is 16.9 Å². The van der Waals surface area contributed by atoms with Crippen molar-refractivity contribution in [3.8, 4) is 0 Å². The first-order chi connectivity index (χ1) is 17.1. The summed E-state index contributed by atoms with van der Waals surface area (Å²) < 4.78 is 64.5. The van der Waals surface area contributed by atoms with Crippen LogP contribution in [0.4, 0.5) is 27.5 Å². The van der Waals surface area contributed by atoms with Gasteiger partial charge in [-0.15, -0.1) is 0 Å². The molecule has 4 aromatic rings. The lowest BCUT2D eigenvalue weighted by molar-refractivity contribution is 0.580. The summed E-state index contributed by atoms with van der Waals surface area (Å²) in [7, 11) is -7.60. The van der Waals surface area contributed by atoms with Gasteiger partial charge in [0.05, 0.1) is 11.1 Å². The molecule has 0 saturated heterocycles. The van der Waals surface area contributed by atoms with Crippen LogP contribution in [0.5, 0.6) is 0 Å². The Morgan fingerprint density at radius 3 is 2.31 bits per heavy atom. The van der Waals surface area contributed by atoms with Crippen LogP contribution in [0.2, 0.25) is 0 Å². The van der Waals surface area contributed by atoms with Gasteiger partial charge in [0, 0.05) is 30.3 Å². The molecule has 2 heterocycles. The maximum atomic E-state index is 14.3. The largest absolute Gasteiger partial charge is 0.338 e. The van der Waals surface area contributed by atoms with E-state index in [4.69, 9.17) is 5.14 Å². The summed E-state index contributed by atoms with van der Waals surface area (Å²) in [6, 6.07) is 15.3. The molecule has 2 aromatic heterocycles. The third kappa shape index (κ3) is 6.37. The van der Waals surface area contributed by atoms with Crippen molar-refractivity contribution in [3.05, 3.63) is 90.6 Å². The molecule has 0 aliphatic rings. The minimum absolute atomic E-state index is 0.0203. The number of pyridine rings is 1. The highest BCUT2D eigenvalue weighted by molar-refractivity contribution is 7.89. The molecule has 0 fully saturated rings. The van der Waals surface area contributed by atoms with Crippen LogP contribution in [-0.2, 0) is 26.6 Å². The summed E-state index contributed by atoms with van der Waals surface area (Å²) in [5.41, 5.74) is 1.51. The Morgan fingerprint density at radius 2 is 1.61 bits per heavy atom. The first-order valence-corrected chi connectivity index (χ1v) is 13.3. The third-order valence-corrected chi connectivity index (χ3v) is 7.09. The molecule has 11 nitrogen and oxygen atoms in total. The summed E-state index contributed by atoms with van der Waals surface area (Å²) in [6.45, 7) is 0.0467. The normalized spacial score (nSPS) is 11.7. The number of sulfonamides is 2. The second-order valence-electron chi connectivity index (χ2n) is 7.42. The van der Waals surface area contributed by atoms with Crippen LogP contribution in [0, 0.1) is 5.82 Å². The summed E-state index contributed by atoms with van der Waals surface area (Å²) in [6.07, 6.45) is 3.70. The minimum Gasteiger partial charge on any atom is -0.338 e. The third-order valence-electron chi connectivity index (χ3n) is 4.79. The predicted molar refractivity (Wildman–Crippen MR) is 131 cm³/mol. The van der Waals surface area contributed by atoms with Crippen LogP contribution in [0.3, 0.4) is 0 Å². The van der Waals surface area contributed by atoms with Gasteiger partial charge >= 0.3 is 0 Å². The highest BCUT2D eigenvalue weighted by Crippen LogP contribution is 2.22. The molecule has 0 amide bonds. The fraction of sp³-hybridized carbons (Fsp3) is 0.0455. The monoisotopic (exact) mass is 529 g/mol. The molecule has 0 saturated carbocycles. The zero-order chi connectivity index (χ0) is 25.8. The molecule has 36 heavy (non-hydrogen) atoms. The summed E-state index contributed by atoms with van der Waals surface area (Å²) in [5, 5.41) is 10.8. The van der Waals surface area contributed by atoms with E-state index in [-0.39, 0.29) is 28.1 Å². The number of nitrogens with two attached hydrogens (primary N) is 1. The molecule has 0 aliphatic carbocycles. The van der Waals surface area contributed by atoms with Crippen LogP contribution >= 0.6 is 0 Å². The topological polar surface area (TPSA) is 169 Å². The predicted octanol–water partition coefficient (Wildman–Crippen LogP) is 2.62. The average molecular weight is 530 g/mol. The molecule has 0 aliphatic heterocycles. The van der Waals surface area contributed by atoms with Gasteiger partial charge in [-0.1, -0.05) is 18.2 Å². The SMILES string of the molecule is NS(=O)(=O)c1cccc(Nc2ncc(F)c(Nc3ccc(CNS(=O)(=O)c4cccnc4)cc3)n2)c1. The number of anilines is 4. The first kappa shape index (κ1) is 25.1. The highest BCUT2D eigenvalue weighted by Gasteiger charge is 2.14. The second-order valence-corrected chi connectivity index (χ2v) is 10.8. The van der Waals surface area contributed by atoms with E-state index in [2.05, 4.69) is 30.3 Å². The van der Waals surface area contributed by atoms with E-state index in [9.17, 15) is 21.2 Å². The molecule has 0 radical (unpaired) electrons. The Labute approximate surface area is 206 Å². The van der Waals surface area contributed by atoms with Crippen molar-refractivity contribution in [1.82, 2.24) is 19.7 Å². The van der Waals surface area contributed by atoms with Gasteiger partial charge in [0.25, 0.3) is 0 Å². The van der Waals surface area contributed by atoms with Crippen molar-refractivity contribution in [2.45, 2.75) is 16.3 Å². The molecule has 0 atom stereocenters. The van der Waals surface area contributed by atoms with E-state index < -0.39 is 25.9 Å². The maximum absolute atomic E-state index is 14.3. The Balaban J connectivity index is 1.43. The number of nitrogens with zero attached hydrogens (tertiary/aromatic N) is 3. The van der Waals surface area contributed by atoms with Crippen LogP contribution in [0.1, 0.15) is 5.56 Å². The molecule has 2 aromatic carbocycles. The Morgan fingerprint density at radius 1 is 0.861 bits per heavy atom. The number of hydrogen-bond acceptors (Lipinski definition) is 9. The minimum atomic E-state index is -3.90. The number of benzene rings is 2. The molecular formula is C22H20FN7O4S2. The van der Waals surface area contributed by atoms with Gasteiger partial charge in [0.1, 0.15) is 4.90 Å². The molecule has 0 bridgehead atoms. The lowest BCUT2D eigenvalue weighted by atomic mass is 10.2. The van der Waals surface area contributed by atoms with Crippen molar-refractivity contribution >= 4 is 43.2 Å². The van der Waals surface area contributed by atoms with Crippen molar-refractivity contribution < 1.29 is 21.2 Å². The van der Waals surface area contributed by atoms with Gasteiger partial charge < -0.3 is 10.6 Å². The van der Waals surface area contributed by atoms with Gasteiger partial charge in [0.2, 0.25) is 26.0 Å². The van der Waals surface area contributed by atoms with Gasteiger partial charge in [-0.25, -0.2) is 36.1 Å².